The second-order valence-electron chi connectivity index (χ2n) is 3.95. The predicted octanol–water partition coefficient (Wildman–Crippen LogP) is 1.64. The molecule has 0 aliphatic rings. The Labute approximate surface area is 87.0 Å². The van der Waals surface area contributed by atoms with Gasteiger partial charge in [0.25, 0.3) is 0 Å². The minimum Gasteiger partial charge on any atom is -0.735 e. The van der Waals surface area contributed by atoms with E-state index in [-0.39, 0.29) is 6.54 Å². The highest BCUT2D eigenvalue weighted by molar-refractivity contribution is 7.83. The van der Waals surface area contributed by atoms with Gasteiger partial charge in [0, 0.05) is 6.54 Å². The predicted molar refractivity (Wildman–Crippen MR) is 55.6 cm³/mol. The van der Waals surface area contributed by atoms with Crippen LogP contribution < -0.4 is 4.72 Å². The molecule has 0 unspecified atom stereocenters. The molecule has 0 atom stereocenters. The Morgan fingerprint density at radius 2 is 1.71 bits per heavy atom. The van der Waals surface area contributed by atoms with E-state index in [2.05, 4.69) is 13.8 Å². The molecule has 0 amide bonds. The van der Waals surface area contributed by atoms with Crippen molar-refractivity contribution in [2.24, 2.45) is 5.92 Å². The van der Waals surface area contributed by atoms with Gasteiger partial charge in [-0.2, -0.15) is 0 Å². The van der Waals surface area contributed by atoms with Crippen LogP contribution in [0, 0.1) is 5.92 Å². The van der Waals surface area contributed by atoms with Crippen molar-refractivity contribution in [1.29, 1.82) is 0 Å². The highest BCUT2D eigenvalue weighted by atomic mass is 32.2. The van der Waals surface area contributed by atoms with Crippen molar-refractivity contribution in [3.63, 3.8) is 0 Å². The molecule has 5 heteroatoms. The highest BCUT2D eigenvalue weighted by Gasteiger charge is 1.95. The lowest BCUT2D eigenvalue weighted by Gasteiger charge is -2.08. The van der Waals surface area contributed by atoms with Crippen LogP contribution in [0.1, 0.15) is 46.0 Å². The lowest BCUT2D eigenvalue weighted by Crippen LogP contribution is -2.23. The number of hydrogen-bond donors (Lipinski definition) is 1. The van der Waals surface area contributed by atoms with Gasteiger partial charge in [-0.15, -0.1) is 0 Å². The third-order valence-electron chi connectivity index (χ3n) is 1.99. The second-order valence-corrected chi connectivity index (χ2v) is 5.14. The zero-order valence-electron chi connectivity index (χ0n) is 8.95. The smallest absolute Gasteiger partial charge is 0.159 e. The number of nitrogens with one attached hydrogen (secondary N) is 1. The molecule has 0 rings (SSSR count). The summed E-state index contributed by atoms with van der Waals surface area (Å²) in [6.07, 6.45) is 5.24. The summed E-state index contributed by atoms with van der Waals surface area (Å²) in [5, 5.41) is 0. The van der Waals surface area contributed by atoms with Gasteiger partial charge in [0.2, 0.25) is 0 Å². The summed E-state index contributed by atoms with van der Waals surface area (Å²) in [6.45, 7) is 4.64. The van der Waals surface area contributed by atoms with Crippen molar-refractivity contribution in [3.05, 3.63) is 0 Å². The van der Waals surface area contributed by atoms with Crippen LogP contribution in [0.15, 0.2) is 0 Å². The SMILES string of the molecule is CC(C)CCCCCCNS(=O)(=O)[O-]. The second kappa shape index (κ2) is 7.20. The molecular formula is C9H20NO3S-. The average Bonchev–Trinajstić information content (AvgIpc) is 2.00. The molecular weight excluding hydrogens is 202 g/mol. The van der Waals surface area contributed by atoms with E-state index in [1.807, 2.05) is 4.72 Å². The van der Waals surface area contributed by atoms with Gasteiger partial charge in [0.15, 0.2) is 10.3 Å². The molecule has 0 aliphatic heterocycles. The Hall–Kier alpha value is -0.130. The van der Waals surface area contributed by atoms with Crippen molar-refractivity contribution >= 4 is 10.3 Å². The zero-order chi connectivity index (χ0) is 11.0. The van der Waals surface area contributed by atoms with Crippen molar-refractivity contribution < 1.29 is 13.0 Å². The Morgan fingerprint density at radius 1 is 1.14 bits per heavy atom. The van der Waals surface area contributed by atoms with Crippen LogP contribution >= 0.6 is 0 Å². The van der Waals surface area contributed by atoms with Crippen LogP contribution in [0.3, 0.4) is 0 Å². The molecule has 0 aromatic rings. The molecule has 0 saturated heterocycles. The number of unbranched alkanes of at least 4 members (excludes halogenated alkanes) is 3. The molecule has 0 aromatic carbocycles. The molecule has 4 nitrogen and oxygen atoms in total. The molecule has 0 saturated carbocycles. The van der Waals surface area contributed by atoms with E-state index < -0.39 is 10.3 Å². The van der Waals surface area contributed by atoms with Crippen LogP contribution in [0.2, 0.25) is 0 Å². The van der Waals surface area contributed by atoms with Crippen molar-refractivity contribution in [3.8, 4) is 0 Å². The minimum absolute atomic E-state index is 0.271. The summed E-state index contributed by atoms with van der Waals surface area (Å²) < 4.78 is 32.4. The summed E-state index contributed by atoms with van der Waals surface area (Å²) in [6, 6.07) is 0. The van der Waals surface area contributed by atoms with Crippen molar-refractivity contribution in [2.45, 2.75) is 46.0 Å². The van der Waals surface area contributed by atoms with Crippen LogP contribution in [-0.2, 0) is 10.3 Å². The van der Waals surface area contributed by atoms with E-state index in [0.29, 0.717) is 0 Å². The van der Waals surface area contributed by atoms with Crippen LogP contribution in [0.25, 0.3) is 0 Å². The van der Waals surface area contributed by atoms with Gasteiger partial charge in [-0.05, 0) is 12.3 Å². The van der Waals surface area contributed by atoms with Gasteiger partial charge >= 0.3 is 0 Å². The van der Waals surface area contributed by atoms with Gasteiger partial charge in [-0.25, -0.2) is 13.1 Å². The Balaban J connectivity index is 3.15. The van der Waals surface area contributed by atoms with Crippen molar-refractivity contribution in [1.82, 2.24) is 4.72 Å². The molecule has 0 radical (unpaired) electrons. The fourth-order valence-corrected chi connectivity index (χ4v) is 1.62. The molecule has 0 fully saturated rings. The monoisotopic (exact) mass is 222 g/mol. The molecule has 0 aromatic heterocycles. The molecule has 1 N–H and O–H groups in total. The van der Waals surface area contributed by atoms with E-state index in [1.54, 1.807) is 0 Å². The summed E-state index contributed by atoms with van der Waals surface area (Å²) >= 11 is 0. The van der Waals surface area contributed by atoms with Crippen LogP contribution in [0.4, 0.5) is 0 Å². The molecule has 0 spiro atoms. The normalized spacial score (nSPS) is 12.3. The van der Waals surface area contributed by atoms with E-state index in [0.717, 1.165) is 25.2 Å². The maximum Gasteiger partial charge on any atom is 0.159 e. The van der Waals surface area contributed by atoms with Crippen molar-refractivity contribution in [2.75, 3.05) is 6.54 Å². The maximum atomic E-state index is 10.1. The molecule has 0 aliphatic carbocycles. The topological polar surface area (TPSA) is 69.2 Å². The van der Waals surface area contributed by atoms with Gasteiger partial charge in [0.1, 0.15) is 0 Å². The van der Waals surface area contributed by atoms with Gasteiger partial charge in [-0.1, -0.05) is 39.5 Å². The van der Waals surface area contributed by atoms with Crippen LogP contribution in [-0.4, -0.2) is 19.5 Å². The standard InChI is InChI=1S/C9H21NO3S/c1-9(2)7-5-3-4-6-8-10-14(11,12)13/h9-10H,3-8H2,1-2H3,(H,11,12,13)/p-1. The molecule has 14 heavy (non-hydrogen) atoms. The van der Waals surface area contributed by atoms with Gasteiger partial charge < -0.3 is 4.55 Å². The van der Waals surface area contributed by atoms with E-state index in [4.69, 9.17) is 0 Å². The van der Waals surface area contributed by atoms with Crippen LogP contribution in [0.5, 0.6) is 0 Å². The van der Waals surface area contributed by atoms with Gasteiger partial charge in [0.05, 0.1) is 0 Å². The lowest BCUT2D eigenvalue weighted by atomic mass is 10.0. The quantitative estimate of drug-likeness (QED) is 0.501. The zero-order valence-corrected chi connectivity index (χ0v) is 9.77. The summed E-state index contributed by atoms with van der Waals surface area (Å²) in [5.41, 5.74) is 0. The Morgan fingerprint density at radius 3 is 2.21 bits per heavy atom. The maximum absolute atomic E-state index is 10.1. The summed E-state index contributed by atoms with van der Waals surface area (Å²) in [7, 11) is -4.23. The molecule has 0 heterocycles. The molecule has 0 bridgehead atoms. The fourth-order valence-electron chi connectivity index (χ4n) is 1.23. The minimum atomic E-state index is -4.23. The first kappa shape index (κ1) is 13.9. The fraction of sp³-hybridized carbons (Fsp3) is 1.00. The first-order valence-electron chi connectivity index (χ1n) is 5.12. The van der Waals surface area contributed by atoms with E-state index in [9.17, 15) is 13.0 Å². The first-order valence-corrected chi connectivity index (χ1v) is 6.53. The number of hydrogen-bond acceptors (Lipinski definition) is 3. The third kappa shape index (κ3) is 11.9. The third-order valence-corrected chi connectivity index (χ3v) is 2.54. The Bertz CT molecular complexity index is 224. The Kier molecular flexibility index (Phi) is 7.13. The largest absolute Gasteiger partial charge is 0.735 e. The molecule has 86 valence electrons. The average molecular weight is 222 g/mol. The lowest BCUT2D eigenvalue weighted by molar-refractivity contribution is 0.445. The van der Waals surface area contributed by atoms with Gasteiger partial charge in [-0.3, -0.25) is 0 Å². The van der Waals surface area contributed by atoms with E-state index >= 15 is 0 Å². The summed E-state index contributed by atoms with van der Waals surface area (Å²) in [4.78, 5) is 0. The number of rotatable bonds is 8. The van der Waals surface area contributed by atoms with E-state index in [1.165, 1.54) is 12.8 Å². The highest BCUT2D eigenvalue weighted by Crippen LogP contribution is 2.08. The summed E-state index contributed by atoms with van der Waals surface area (Å²) in [5.74, 6) is 0.732. The first-order chi connectivity index (χ1) is 6.42.